The molecule has 0 amide bonds. The number of nitriles is 1. The van der Waals surface area contributed by atoms with Crippen molar-refractivity contribution in [3.8, 4) is 6.07 Å². The molecule has 20 heavy (non-hydrogen) atoms. The summed E-state index contributed by atoms with van der Waals surface area (Å²) in [6, 6.07) is 11.0. The maximum Gasteiger partial charge on any atom is 0.513 e. The summed E-state index contributed by atoms with van der Waals surface area (Å²) in [5.41, 5.74) is 0.394. The minimum absolute atomic E-state index is 0.274. The second-order valence-electron chi connectivity index (χ2n) is 4.99. The van der Waals surface area contributed by atoms with Gasteiger partial charge >= 0.3 is 6.16 Å². The van der Waals surface area contributed by atoms with E-state index in [1.807, 2.05) is 45.0 Å². The van der Waals surface area contributed by atoms with Gasteiger partial charge in [0, 0.05) is 0 Å². The van der Waals surface area contributed by atoms with E-state index in [1.165, 1.54) is 0 Å². The van der Waals surface area contributed by atoms with Crippen LogP contribution in [0, 0.1) is 11.3 Å². The van der Waals surface area contributed by atoms with Gasteiger partial charge in [-0.15, -0.1) is 0 Å². The van der Waals surface area contributed by atoms with Crippen LogP contribution in [0.2, 0.25) is 0 Å². The van der Waals surface area contributed by atoms with Crippen LogP contribution in [-0.4, -0.2) is 11.8 Å². The zero-order valence-corrected chi connectivity index (χ0v) is 12.1. The first-order chi connectivity index (χ1) is 9.48. The van der Waals surface area contributed by atoms with E-state index in [2.05, 4.69) is 0 Å². The van der Waals surface area contributed by atoms with E-state index in [0.717, 1.165) is 19.1 Å². The minimum atomic E-state index is -0.799. The zero-order chi connectivity index (χ0) is 15.0. The fourth-order valence-corrected chi connectivity index (χ4v) is 1.79. The highest BCUT2D eigenvalue weighted by molar-refractivity contribution is 5.77. The number of allylic oxidation sites excluding steroid dienone is 1. The highest BCUT2D eigenvalue weighted by Gasteiger charge is 2.22. The molecule has 0 saturated carbocycles. The van der Waals surface area contributed by atoms with Crippen LogP contribution >= 0.6 is 0 Å². The molecule has 0 saturated heterocycles. The number of ether oxygens (including phenoxy) is 2. The Hall–Kier alpha value is -2.28. The third kappa shape index (κ3) is 5.15. The topological polar surface area (TPSA) is 59.3 Å². The highest BCUT2D eigenvalue weighted by Crippen LogP contribution is 2.18. The van der Waals surface area contributed by atoms with E-state index in [9.17, 15) is 4.79 Å². The molecule has 0 heterocycles. The average Bonchev–Trinajstić information content (AvgIpc) is 2.40. The standard InChI is InChI=1S/C16H19NO3/c1-4-10-16(2,3)20-15(18)19-12-14(11-17)13-8-6-5-7-9-13/h5-9,12H,4,10H2,1-3H3/b14-12+. The van der Waals surface area contributed by atoms with Crippen LogP contribution in [0.4, 0.5) is 4.79 Å². The minimum Gasteiger partial charge on any atom is -0.428 e. The van der Waals surface area contributed by atoms with Crippen molar-refractivity contribution < 1.29 is 14.3 Å². The molecule has 0 aliphatic carbocycles. The van der Waals surface area contributed by atoms with Crippen LogP contribution in [0.15, 0.2) is 36.6 Å². The van der Waals surface area contributed by atoms with Gasteiger partial charge in [-0.1, -0.05) is 43.7 Å². The number of hydrogen-bond acceptors (Lipinski definition) is 4. The highest BCUT2D eigenvalue weighted by atomic mass is 16.7. The summed E-state index contributed by atoms with van der Waals surface area (Å²) in [4.78, 5) is 11.6. The fourth-order valence-electron chi connectivity index (χ4n) is 1.79. The van der Waals surface area contributed by atoms with Crippen molar-refractivity contribution in [2.45, 2.75) is 39.2 Å². The number of carbonyl (C=O) groups is 1. The number of hydrogen-bond donors (Lipinski definition) is 0. The Morgan fingerprint density at radius 1 is 1.35 bits per heavy atom. The van der Waals surface area contributed by atoms with Gasteiger partial charge in [0.05, 0.1) is 5.57 Å². The van der Waals surface area contributed by atoms with Gasteiger partial charge in [0.2, 0.25) is 0 Å². The fraction of sp³-hybridized carbons (Fsp3) is 0.375. The van der Waals surface area contributed by atoms with Gasteiger partial charge in [0.15, 0.2) is 0 Å². The van der Waals surface area contributed by atoms with Crippen molar-refractivity contribution in [1.29, 1.82) is 5.26 Å². The quantitative estimate of drug-likeness (QED) is 0.456. The Balaban J connectivity index is 2.67. The lowest BCUT2D eigenvalue weighted by Gasteiger charge is -2.23. The molecule has 0 aliphatic heterocycles. The zero-order valence-electron chi connectivity index (χ0n) is 12.1. The van der Waals surface area contributed by atoms with E-state index in [0.29, 0.717) is 5.56 Å². The molecule has 0 atom stereocenters. The SMILES string of the molecule is CCCC(C)(C)OC(=O)O/C=C(\C#N)c1ccccc1. The molecular formula is C16H19NO3. The normalized spacial score (nSPS) is 11.6. The van der Waals surface area contributed by atoms with E-state index in [1.54, 1.807) is 12.1 Å². The van der Waals surface area contributed by atoms with Gasteiger partial charge in [0.1, 0.15) is 17.9 Å². The van der Waals surface area contributed by atoms with Crippen LogP contribution in [-0.2, 0) is 9.47 Å². The third-order valence-corrected chi connectivity index (χ3v) is 2.69. The van der Waals surface area contributed by atoms with E-state index < -0.39 is 11.8 Å². The molecule has 1 aromatic carbocycles. The second-order valence-corrected chi connectivity index (χ2v) is 4.99. The van der Waals surface area contributed by atoms with Crippen LogP contribution in [0.5, 0.6) is 0 Å². The Kier molecular flexibility index (Phi) is 5.79. The Bertz CT molecular complexity index is 512. The van der Waals surface area contributed by atoms with E-state index in [4.69, 9.17) is 14.7 Å². The summed E-state index contributed by atoms with van der Waals surface area (Å²) in [7, 11) is 0. The van der Waals surface area contributed by atoms with Crippen LogP contribution < -0.4 is 0 Å². The molecule has 0 radical (unpaired) electrons. The monoisotopic (exact) mass is 273 g/mol. The van der Waals surface area contributed by atoms with Gasteiger partial charge in [-0.3, -0.25) is 0 Å². The van der Waals surface area contributed by atoms with Crippen molar-refractivity contribution in [3.05, 3.63) is 42.2 Å². The van der Waals surface area contributed by atoms with Crippen molar-refractivity contribution in [1.82, 2.24) is 0 Å². The van der Waals surface area contributed by atoms with Crippen LogP contribution in [0.3, 0.4) is 0 Å². The Labute approximate surface area is 119 Å². The number of carbonyl (C=O) groups excluding carboxylic acids is 1. The molecule has 0 bridgehead atoms. The van der Waals surface area contributed by atoms with Crippen LogP contribution in [0.25, 0.3) is 5.57 Å². The molecular weight excluding hydrogens is 254 g/mol. The Morgan fingerprint density at radius 3 is 2.55 bits per heavy atom. The van der Waals surface area contributed by atoms with Crippen molar-refractivity contribution in [2.24, 2.45) is 0 Å². The van der Waals surface area contributed by atoms with Gasteiger partial charge in [-0.05, 0) is 25.8 Å². The summed E-state index contributed by atoms with van der Waals surface area (Å²) in [5, 5.41) is 9.06. The summed E-state index contributed by atoms with van der Waals surface area (Å²) in [6.07, 6.45) is 1.98. The number of rotatable bonds is 5. The first kappa shape index (κ1) is 15.8. The van der Waals surface area contributed by atoms with Crippen molar-refractivity contribution in [3.63, 3.8) is 0 Å². The maximum absolute atomic E-state index is 11.6. The predicted molar refractivity (Wildman–Crippen MR) is 76.6 cm³/mol. The van der Waals surface area contributed by atoms with Gasteiger partial charge in [-0.2, -0.15) is 5.26 Å². The lowest BCUT2D eigenvalue weighted by atomic mass is 10.0. The second kappa shape index (κ2) is 7.34. The number of benzene rings is 1. The molecule has 0 unspecified atom stereocenters. The first-order valence-corrected chi connectivity index (χ1v) is 6.54. The molecule has 0 N–H and O–H groups in total. The van der Waals surface area contributed by atoms with Gasteiger partial charge < -0.3 is 9.47 Å². The maximum atomic E-state index is 11.6. The van der Waals surface area contributed by atoms with Gasteiger partial charge in [0.25, 0.3) is 0 Å². The molecule has 4 heteroatoms. The molecule has 1 aromatic rings. The van der Waals surface area contributed by atoms with Crippen LogP contribution in [0.1, 0.15) is 39.2 Å². The molecule has 0 fully saturated rings. The molecule has 4 nitrogen and oxygen atoms in total. The van der Waals surface area contributed by atoms with Gasteiger partial charge in [-0.25, -0.2) is 4.79 Å². The number of nitrogens with zero attached hydrogens (tertiary/aromatic N) is 1. The molecule has 1 rings (SSSR count). The Morgan fingerprint density at radius 2 is 2.00 bits per heavy atom. The molecule has 0 aromatic heterocycles. The van der Waals surface area contributed by atoms with Crippen molar-refractivity contribution in [2.75, 3.05) is 0 Å². The summed E-state index contributed by atoms with van der Waals surface area (Å²) >= 11 is 0. The molecule has 0 aliphatic rings. The first-order valence-electron chi connectivity index (χ1n) is 6.54. The molecule has 0 spiro atoms. The lowest BCUT2D eigenvalue weighted by molar-refractivity contribution is -0.00446. The van der Waals surface area contributed by atoms with E-state index >= 15 is 0 Å². The summed E-state index contributed by atoms with van der Waals surface area (Å²) < 4.78 is 10.1. The summed E-state index contributed by atoms with van der Waals surface area (Å²) in [6.45, 7) is 5.66. The van der Waals surface area contributed by atoms with Crippen molar-refractivity contribution >= 4 is 11.7 Å². The third-order valence-electron chi connectivity index (χ3n) is 2.69. The average molecular weight is 273 g/mol. The smallest absolute Gasteiger partial charge is 0.428 e. The predicted octanol–water partition coefficient (Wildman–Crippen LogP) is 4.28. The summed E-state index contributed by atoms with van der Waals surface area (Å²) in [5.74, 6) is 0. The largest absolute Gasteiger partial charge is 0.513 e. The lowest BCUT2D eigenvalue weighted by Crippen LogP contribution is -2.27. The molecule has 106 valence electrons. The van der Waals surface area contributed by atoms with E-state index in [-0.39, 0.29) is 5.57 Å².